The Morgan fingerprint density at radius 2 is 2.37 bits per heavy atom. The molecule has 0 radical (unpaired) electrons. The summed E-state index contributed by atoms with van der Waals surface area (Å²) >= 11 is 0. The topological polar surface area (TPSA) is 97.6 Å². The van der Waals surface area contributed by atoms with Gasteiger partial charge in [0.1, 0.15) is 6.04 Å². The standard InChI is InChI=1S/C11H16N4O4/c1-3-18-11(17)8-6-12-4-5-15(8)10(16)9-13-7(2)19-14-9/h8,12H,3-6H2,1-2H3. The molecule has 2 heterocycles. The number of aromatic nitrogens is 2. The van der Waals surface area contributed by atoms with E-state index in [0.29, 0.717) is 25.5 Å². The average Bonchev–Trinajstić information content (AvgIpc) is 2.85. The lowest BCUT2D eigenvalue weighted by atomic mass is 10.2. The number of hydrogen-bond acceptors (Lipinski definition) is 7. The van der Waals surface area contributed by atoms with Gasteiger partial charge in [0.05, 0.1) is 6.61 Å². The van der Waals surface area contributed by atoms with Crippen LogP contribution in [0.25, 0.3) is 0 Å². The Kier molecular flexibility index (Phi) is 4.10. The highest BCUT2D eigenvalue weighted by atomic mass is 16.5. The molecule has 1 aliphatic rings. The van der Waals surface area contributed by atoms with Crippen LogP contribution < -0.4 is 5.32 Å². The number of rotatable bonds is 3. The van der Waals surface area contributed by atoms with E-state index in [1.165, 1.54) is 4.90 Å². The van der Waals surface area contributed by atoms with Gasteiger partial charge in [0.2, 0.25) is 5.89 Å². The number of nitrogens with zero attached hydrogens (tertiary/aromatic N) is 3. The minimum atomic E-state index is -0.653. The zero-order chi connectivity index (χ0) is 13.8. The van der Waals surface area contributed by atoms with E-state index in [1.807, 2.05) is 0 Å². The summed E-state index contributed by atoms with van der Waals surface area (Å²) in [5.41, 5.74) is 0. The summed E-state index contributed by atoms with van der Waals surface area (Å²) in [7, 11) is 0. The van der Waals surface area contributed by atoms with Crippen LogP contribution in [0, 0.1) is 6.92 Å². The molecule has 1 saturated heterocycles. The van der Waals surface area contributed by atoms with Crippen LogP contribution in [0.2, 0.25) is 0 Å². The molecule has 1 aromatic rings. The minimum Gasteiger partial charge on any atom is -0.464 e. The predicted molar refractivity (Wildman–Crippen MR) is 63.4 cm³/mol. The summed E-state index contributed by atoms with van der Waals surface area (Å²) < 4.78 is 9.75. The van der Waals surface area contributed by atoms with E-state index in [-0.39, 0.29) is 12.4 Å². The first kappa shape index (κ1) is 13.5. The van der Waals surface area contributed by atoms with Crippen LogP contribution in [0.15, 0.2) is 4.52 Å². The fraction of sp³-hybridized carbons (Fsp3) is 0.636. The smallest absolute Gasteiger partial charge is 0.330 e. The van der Waals surface area contributed by atoms with Crippen LogP contribution in [0.4, 0.5) is 0 Å². The van der Waals surface area contributed by atoms with Gasteiger partial charge in [-0.2, -0.15) is 4.98 Å². The van der Waals surface area contributed by atoms with Crippen molar-refractivity contribution in [2.75, 3.05) is 26.2 Å². The molecule has 19 heavy (non-hydrogen) atoms. The summed E-state index contributed by atoms with van der Waals surface area (Å²) in [5, 5.41) is 6.64. The molecule has 1 aromatic heterocycles. The van der Waals surface area contributed by atoms with Gasteiger partial charge in [0.15, 0.2) is 0 Å². The molecule has 1 atom stereocenters. The maximum atomic E-state index is 12.2. The minimum absolute atomic E-state index is 0.0336. The van der Waals surface area contributed by atoms with Crippen molar-refractivity contribution in [3.05, 3.63) is 11.7 Å². The second-order valence-electron chi connectivity index (χ2n) is 4.11. The molecule has 1 aliphatic heterocycles. The van der Waals surface area contributed by atoms with E-state index < -0.39 is 17.9 Å². The molecule has 0 aromatic carbocycles. The molecular weight excluding hydrogens is 252 g/mol. The van der Waals surface area contributed by atoms with Crippen LogP contribution in [0.3, 0.4) is 0 Å². The SMILES string of the molecule is CCOC(=O)C1CNCCN1C(=O)c1noc(C)n1. The van der Waals surface area contributed by atoms with Crippen LogP contribution in [0.5, 0.6) is 0 Å². The van der Waals surface area contributed by atoms with Crippen molar-refractivity contribution in [3.8, 4) is 0 Å². The van der Waals surface area contributed by atoms with E-state index in [4.69, 9.17) is 9.26 Å². The highest BCUT2D eigenvalue weighted by Crippen LogP contribution is 2.10. The van der Waals surface area contributed by atoms with Crippen molar-refractivity contribution < 1.29 is 18.8 Å². The van der Waals surface area contributed by atoms with Gasteiger partial charge in [-0.3, -0.25) is 4.79 Å². The van der Waals surface area contributed by atoms with Gasteiger partial charge in [0, 0.05) is 26.6 Å². The Hall–Kier alpha value is -1.96. The van der Waals surface area contributed by atoms with Crippen molar-refractivity contribution in [3.63, 3.8) is 0 Å². The Labute approximate surface area is 110 Å². The van der Waals surface area contributed by atoms with Crippen molar-refractivity contribution in [2.45, 2.75) is 19.9 Å². The van der Waals surface area contributed by atoms with Gasteiger partial charge >= 0.3 is 5.97 Å². The summed E-state index contributed by atoms with van der Waals surface area (Å²) in [6, 6.07) is -0.653. The molecule has 1 unspecified atom stereocenters. The number of amides is 1. The van der Waals surface area contributed by atoms with Crippen molar-refractivity contribution >= 4 is 11.9 Å². The lowest BCUT2D eigenvalue weighted by Gasteiger charge is -2.33. The largest absolute Gasteiger partial charge is 0.464 e. The number of piperazine rings is 1. The van der Waals surface area contributed by atoms with Gasteiger partial charge in [-0.05, 0) is 6.92 Å². The first-order chi connectivity index (χ1) is 9.13. The molecule has 1 N–H and O–H groups in total. The fourth-order valence-corrected chi connectivity index (χ4v) is 1.91. The first-order valence-corrected chi connectivity index (χ1v) is 6.12. The summed E-state index contributed by atoms with van der Waals surface area (Å²) in [6.45, 7) is 4.97. The van der Waals surface area contributed by atoms with E-state index >= 15 is 0 Å². The third-order valence-electron chi connectivity index (χ3n) is 2.78. The van der Waals surface area contributed by atoms with Gasteiger partial charge in [-0.25, -0.2) is 4.79 Å². The number of esters is 1. The second-order valence-corrected chi connectivity index (χ2v) is 4.11. The number of carbonyl (C=O) groups is 2. The molecule has 1 fully saturated rings. The molecule has 8 nitrogen and oxygen atoms in total. The fourth-order valence-electron chi connectivity index (χ4n) is 1.91. The molecule has 0 bridgehead atoms. The van der Waals surface area contributed by atoms with Crippen LogP contribution in [-0.2, 0) is 9.53 Å². The molecule has 2 rings (SSSR count). The number of nitrogens with one attached hydrogen (secondary N) is 1. The summed E-state index contributed by atoms with van der Waals surface area (Å²) in [6.07, 6.45) is 0. The molecule has 0 aliphatic carbocycles. The Morgan fingerprint density at radius 3 is 3.00 bits per heavy atom. The van der Waals surface area contributed by atoms with Crippen LogP contribution in [0.1, 0.15) is 23.4 Å². The van der Waals surface area contributed by atoms with Gasteiger partial charge in [0.25, 0.3) is 11.7 Å². The highest BCUT2D eigenvalue weighted by Gasteiger charge is 2.35. The third kappa shape index (κ3) is 2.90. The normalized spacial score (nSPS) is 19.3. The predicted octanol–water partition coefficient (Wildman–Crippen LogP) is -0.645. The van der Waals surface area contributed by atoms with E-state index in [2.05, 4.69) is 15.5 Å². The maximum absolute atomic E-state index is 12.2. The summed E-state index contributed by atoms with van der Waals surface area (Å²) in [4.78, 5) is 29.4. The quantitative estimate of drug-likeness (QED) is 0.728. The first-order valence-electron chi connectivity index (χ1n) is 6.12. The molecule has 0 spiro atoms. The number of aryl methyl sites for hydroxylation is 1. The van der Waals surface area contributed by atoms with Crippen LogP contribution in [-0.4, -0.2) is 59.2 Å². The van der Waals surface area contributed by atoms with E-state index in [1.54, 1.807) is 13.8 Å². The molecule has 1 amide bonds. The lowest BCUT2D eigenvalue weighted by molar-refractivity contribution is -0.149. The molecule has 104 valence electrons. The molecular formula is C11H16N4O4. The average molecular weight is 268 g/mol. The maximum Gasteiger partial charge on any atom is 0.330 e. The van der Waals surface area contributed by atoms with Gasteiger partial charge in [-0.15, -0.1) is 0 Å². The molecule has 0 saturated carbocycles. The Bertz CT molecular complexity index is 473. The Morgan fingerprint density at radius 1 is 1.58 bits per heavy atom. The summed E-state index contributed by atoms with van der Waals surface area (Å²) in [5.74, 6) is -0.570. The zero-order valence-corrected chi connectivity index (χ0v) is 10.9. The van der Waals surface area contributed by atoms with E-state index in [0.717, 1.165) is 0 Å². The zero-order valence-electron chi connectivity index (χ0n) is 10.9. The monoisotopic (exact) mass is 268 g/mol. The number of ether oxygens (including phenoxy) is 1. The second kappa shape index (κ2) is 5.79. The van der Waals surface area contributed by atoms with Crippen molar-refractivity contribution in [1.82, 2.24) is 20.4 Å². The highest BCUT2D eigenvalue weighted by molar-refractivity contribution is 5.94. The van der Waals surface area contributed by atoms with Gasteiger partial charge < -0.3 is 19.5 Å². The van der Waals surface area contributed by atoms with Gasteiger partial charge in [-0.1, -0.05) is 5.16 Å². The lowest BCUT2D eigenvalue weighted by Crippen LogP contribution is -2.57. The third-order valence-corrected chi connectivity index (χ3v) is 2.78. The molecule has 8 heteroatoms. The van der Waals surface area contributed by atoms with Crippen LogP contribution >= 0.6 is 0 Å². The van der Waals surface area contributed by atoms with Crippen molar-refractivity contribution in [1.29, 1.82) is 0 Å². The van der Waals surface area contributed by atoms with Crippen molar-refractivity contribution in [2.24, 2.45) is 0 Å². The van der Waals surface area contributed by atoms with E-state index in [9.17, 15) is 9.59 Å². The number of carbonyl (C=O) groups excluding carboxylic acids is 2. The number of hydrogen-bond donors (Lipinski definition) is 1. The Balaban J connectivity index is 2.15.